The standard InChI is InChI=1S/C18H23N5O2S/c1-10-5-11(2)7-21(6-10)14(24)8-23-18(25)22-9-19-17-15(16(22)20-23)12(3)13(4)26-17/h9-11H,5-8H2,1-4H3. The second-order valence-electron chi connectivity index (χ2n) is 7.59. The molecule has 0 radical (unpaired) electrons. The number of aryl methyl sites for hydroxylation is 2. The summed E-state index contributed by atoms with van der Waals surface area (Å²) in [7, 11) is 0. The maximum Gasteiger partial charge on any atom is 0.352 e. The van der Waals surface area contributed by atoms with Crippen LogP contribution >= 0.6 is 11.3 Å². The zero-order chi connectivity index (χ0) is 18.6. The quantitative estimate of drug-likeness (QED) is 0.690. The molecule has 0 bridgehead atoms. The molecule has 0 aromatic carbocycles. The smallest absolute Gasteiger partial charge is 0.341 e. The molecule has 0 saturated carbocycles. The molecule has 26 heavy (non-hydrogen) atoms. The SMILES string of the molecule is Cc1sc2ncn3c(=O)n(CC(=O)N4CC(C)CC(C)C4)nc3c2c1C. The third-order valence-corrected chi connectivity index (χ3v) is 6.37. The number of carbonyl (C=O) groups is 1. The molecule has 3 aromatic heterocycles. The maximum absolute atomic E-state index is 12.7. The molecule has 0 aliphatic carbocycles. The van der Waals surface area contributed by atoms with E-state index in [1.54, 1.807) is 11.3 Å². The van der Waals surface area contributed by atoms with Gasteiger partial charge in [-0.1, -0.05) is 13.8 Å². The fourth-order valence-electron chi connectivity index (χ4n) is 3.97. The van der Waals surface area contributed by atoms with E-state index in [9.17, 15) is 9.59 Å². The van der Waals surface area contributed by atoms with Crippen molar-refractivity contribution in [3.63, 3.8) is 0 Å². The van der Waals surface area contributed by atoms with E-state index in [0.717, 1.165) is 40.2 Å². The molecule has 7 nitrogen and oxygen atoms in total. The van der Waals surface area contributed by atoms with Crippen molar-refractivity contribution in [1.82, 2.24) is 24.1 Å². The van der Waals surface area contributed by atoms with Gasteiger partial charge in [-0.25, -0.2) is 18.9 Å². The van der Waals surface area contributed by atoms with Crippen molar-refractivity contribution >= 4 is 33.1 Å². The van der Waals surface area contributed by atoms with Crippen LogP contribution < -0.4 is 5.69 Å². The van der Waals surface area contributed by atoms with E-state index in [4.69, 9.17) is 0 Å². The number of aromatic nitrogens is 4. The Morgan fingerprint density at radius 2 is 1.96 bits per heavy atom. The minimum atomic E-state index is -0.316. The number of carbonyl (C=O) groups excluding carboxylic acids is 1. The highest BCUT2D eigenvalue weighted by Crippen LogP contribution is 2.30. The van der Waals surface area contributed by atoms with Crippen molar-refractivity contribution in [1.29, 1.82) is 0 Å². The number of likely N-dealkylation sites (tertiary alicyclic amines) is 1. The van der Waals surface area contributed by atoms with E-state index in [-0.39, 0.29) is 18.1 Å². The van der Waals surface area contributed by atoms with Crippen LogP contribution in [0, 0.1) is 25.7 Å². The van der Waals surface area contributed by atoms with Gasteiger partial charge in [0, 0.05) is 18.0 Å². The van der Waals surface area contributed by atoms with E-state index in [1.807, 2.05) is 18.7 Å². The van der Waals surface area contributed by atoms with Gasteiger partial charge < -0.3 is 4.90 Å². The lowest BCUT2D eigenvalue weighted by Crippen LogP contribution is -2.45. The van der Waals surface area contributed by atoms with Crippen LogP contribution in [0.5, 0.6) is 0 Å². The van der Waals surface area contributed by atoms with Gasteiger partial charge >= 0.3 is 5.69 Å². The van der Waals surface area contributed by atoms with Crippen LogP contribution in [0.4, 0.5) is 0 Å². The summed E-state index contributed by atoms with van der Waals surface area (Å²) in [5, 5.41) is 5.38. The summed E-state index contributed by atoms with van der Waals surface area (Å²) in [6.07, 6.45) is 2.65. The normalized spacial score (nSPS) is 21.0. The topological polar surface area (TPSA) is 72.5 Å². The molecule has 4 heterocycles. The third-order valence-electron chi connectivity index (χ3n) is 5.26. The highest BCUT2D eigenvalue weighted by molar-refractivity contribution is 7.18. The molecule has 4 rings (SSSR count). The average Bonchev–Trinajstić information content (AvgIpc) is 3.04. The lowest BCUT2D eigenvalue weighted by Gasteiger charge is -2.34. The first-order valence-electron chi connectivity index (χ1n) is 8.96. The van der Waals surface area contributed by atoms with Gasteiger partial charge in [-0.15, -0.1) is 16.4 Å². The number of thiophene rings is 1. The molecule has 0 N–H and O–H groups in total. The van der Waals surface area contributed by atoms with Crippen molar-refractivity contribution in [2.45, 2.75) is 40.7 Å². The Kier molecular flexibility index (Phi) is 4.10. The average molecular weight is 373 g/mol. The van der Waals surface area contributed by atoms with Gasteiger partial charge in [-0.2, -0.15) is 0 Å². The fourth-order valence-corrected chi connectivity index (χ4v) is 4.96. The number of amides is 1. The lowest BCUT2D eigenvalue weighted by molar-refractivity contribution is -0.134. The molecule has 0 spiro atoms. The molecule has 138 valence electrons. The number of rotatable bonds is 2. The Balaban J connectivity index is 1.71. The summed E-state index contributed by atoms with van der Waals surface area (Å²) in [5.41, 5.74) is 1.35. The van der Waals surface area contributed by atoms with Crippen molar-refractivity contribution in [2.24, 2.45) is 11.8 Å². The van der Waals surface area contributed by atoms with Crippen LogP contribution in [-0.4, -0.2) is 43.1 Å². The first-order chi connectivity index (χ1) is 12.3. The predicted molar refractivity (Wildman–Crippen MR) is 102 cm³/mol. The van der Waals surface area contributed by atoms with Crippen molar-refractivity contribution in [3.05, 3.63) is 27.3 Å². The molecule has 1 amide bonds. The summed E-state index contributed by atoms with van der Waals surface area (Å²) in [6.45, 7) is 9.86. The largest absolute Gasteiger partial charge is 0.352 e. The minimum absolute atomic E-state index is 0.0242. The molecule has 1 saturated heterocycles. The number of fused-ring (bicyclic) bond motifs is 3. The van der Waals surface area contributed by atoms with Crippen LogP contribution in [0.1, 0.15) is 30.7 Å². The molecule has 2 atom stereocenters. The van der Waals surface area contributed by atoms with E-state index in [0.29, 0.717) is 17.5 Å². The lowest BCUT2D eigenvalue weighted by atomic mass is 9.92. The minimum Gasteiger partial charge on any atom is -0.341 e. The van der Waals surface area contributed by atoms with Crippen LogP contribution in [0.15, 0.2) is 11.1 Å². The van der Waals surface area contributed by atoms with Gasteiger partial charge in [0.15, 0.2) is 5.65 Å². The summed E-state index contributed by atoms with van der Waals surface area (Å²) < 4.78 is 2.71. The second kappa shape index (κ2) is 6.19. The number of piperidine rings is 1. The second-order valence-corrected chi connectivity index (χ2v) is 8.79. The first kappa shape index (κ1) is 17.2. The predicted octanol–water partition coefficient (Wildman–Crippen LogP) is 2.23. The van der Waals surface area contributed by atoms with E-state index in [1.165, 1.54) is 15.4 Å². The molecular formula is C18H23N5O2S. The molecule has 1 aliphatic heterocycles. The van der Waals surface area contributed by atoms with E-state index >= 15 is 0 Å². The Labute approximate surface area is 155 Å². The van der Waals surface area contributed by atoms with Gasteiger partial charge in [0.05, 0.1) is 5.39 Å². The van der Waals surface area contributed by atoms with Crippen molar-refractivity contribution < 1.29 is 4.79 Å². The van der Waals surface area contributed by atoms with Gasteiger partial charge in [0.25, 0.3) is 0 Å². The third kappa shape index (κ3) is 2.72. The number of nitrogens with zero attached hydrogens (tertiary/aromatic N) is 5. The van der Waals surface area contributed by atoms with Crippen molar-refractivity contribution in [3.8, 4) is 0 Å². The highest BCUT2D eigenvalue weighted by Gasteiger charge is 2.26. The van der Waals surface area contributed by atoms with Gasteiger partial charge in [0.2, 0.25) is 5.91 Å². The Bertz CT molecular complexity index is 1050. The Morgan fingerprint density at radius 1 is 1.27 bits per heavy atom. The van der Waals surface area contributed by atoms with Gasteiger partial charge in [-0.05, 0) is 37.7 Å². The summed E-state index contributed by atoms with van der Waals surface area (Å²) in [5.74, 6) is 0.929. The summed E-state index contributed by atoms with van der Waals surface area (Å²) >= 11 is 1.59. The molecule has 1 aliphatic rings. The van der Waals surface area contributed by atoms with Gasteiger partial charge in [0.1, 0.15) is 17.7 Å². The zero-order valence-corrected chi connectivity index (χ0v) is 16.3. The monoisotopic (exact) mass is 373 g/mol. The number of hydrogen-bond donors (Lipinski definition) is 0. The molecule has 1 fully saturated rings. The molecular weight excluding hydrogens is 350 g/mol. The van der Waals surface area contributed by atoms with Gasteiger partial charge in [-0.3, -0.25) is 4.79 Å². The van der Waals surface area contributed by atoms with E-state index < -0.39 is 0 Å². The molecule has 3 aromatic rings. The zero-order valence-electron chi connectivity index (χ0n) is 15.5. The van der Waals surface area contributed by atoms with Crippen LogP contribution in [0.3, 0.4) is 0 Å². The van der Waals surface area contributed by atoms with Crippen LogP contribution in [0.2, 0.25) is 0 Å². The fraction of sp³-hybridized carbons (Fsp3) is 0.556. The Morgan fingerprint density at radius 3 is 2.65 bits per heavy atom. The summed E-state index contributed by atoms with van der Waals surface area (Å²) in [6, 6.07) is 0. The summed E-state index contributed by atoms with van der Waals surface area (Å²) in [4.78, 5) is 33.7. The first-order valence-corrected chi connectivity index (χ1v) is 9.78. The van der Waals surface area contributed by atoms with E-state index in [2.05, 4.69) is 23.9 Å². The highest BCUT2D eigenvalue weighted by atomic mass is 32.1. The number of hydrogen-bond acceptors (Lipinski definition) is 5. The molecule has 8 heteroatoms. The van der Waals surface area contributed by atoms with Crippen LogP contribution in [0.25, 0.3) is 15.9 Å². The maximum atomic E-state index is 12.7. The van der Waals surface area contributed by atoms with Crippen molar-refractivity contribution in [2.75, 3.05) is 13.1 Å². The Hall–Kier alpha value is -2.22. The molecule has 2 unspecified atom stereocenters. The van der Waals surface area contributed by atoms with Crippen LogP contribution in [-0.2, 0) is 11.3 Å².